The number of nitrogens with zero attached hydrogens (tertiary/aromatic N) is 5. The van der Waals surface area contributed by atoms with Crippen LogP contribution < -0.4 is 5.32 Å². The SMILES string of the molecule is CCn1c(-c2ccc(Cl)cc2)nn(CNC2(c3noc(C)n3)CCCC2)c1=S. The Bertz CT molecular complexity index is 1020. The van der Waals surface area contributed by atoms with Gasteiger partial charge in [-0.15, -0.1) is 0 Å². The van der Waals surface area contributed by atoms with Crippen molar-refractivity contribution in [2.45, 2.75) is 58.3 Å². The first-order valence-electron chi connectivity index (χ1n) is 9.52. The van der Waals surface area contributed by atoms with Gasteiger partial charge in [-0.05, 0) is 56.2 Å². The van der Waals surface area contributed by atoms with Crippen LogP contribution >= 0.6 is 23.8 Å². The molecule has 1 N–H and O–H groups in total. The fourth-order valence-electron chi connectivity index (χ4n) is 3.82. The first-order chi connectivity index (χ1) is 13.5. The van der Waals surface area contributed by atoms with Crippen LogP contribution in [-0.4, -0.2) is 24.5 Å². The Kier molecular flexibility index (Phi) is 5.35. The molecule has 1 fully saturated rings. The topological polar surface area (TPSA) is 73.7 Å². The number of nitrogens with one attached hydrogen (secondary N) is 1. The van der Waals surface area contributed by atoms with Crippen molar-refractivity contribution in [3.05, 3.63) is 45.8 Å². The minimum atomic E-state index is -0.289. The zero-order valence-corrected chi connectivity index (χ0v) is 17.6. The van der Waals surface area contributed by atoms with Crippen molar-refractivity contribution in [2.75, 3.05) is 0 Å². The van der Waals surface area contributed by atoms with E-state index in [0.717, 1.165) is 49.4 Å². The van der Waals surface area contributed by atoms with Crippen LogP contribution in [0.25, 0.3) is 11.4 Å². The quantitative estimate of drug-likeness (QED) is 0.595. The van der Waals surface area contributed by atoms with Crippen molar-refractivity contribution >= 4 is 23.8 Å². The van der Waals surface area contributed by atoms with Gasteiger partial charge in [0.2, 0.25) is 5.89 Å². The van der Waals surface area contributed by atoms with Crippen LogP contribution in [0.1, 0.15) is 44.3 Å². The second-order valence-electron chi connectivity index (χ2n) is 7.12. The Hall–Kier alpha value is -2.03. The lowest BCUT2D eigenvalue weighted by Gasteiger charge is -2.26. The average Bonchev–Trinajstić information content (AvgIpc) is 3.40. The van der Waals surface area contributed by atoms with E-state index in [1.54, 1.807) is 0 Å². The van der Waals surface area contributed by atoms with Gasteiger partial charge in [0.05, 0.1) is 12.2 Å². The molecule has 28 heavy (non-hydrogen) atoms. The molecular formula is C19H23ClN6OS. The molecule has 0 unspecified atom stereocenters. The molecule has 3 aromatic rings. The van der Waals surface area contributed by atoms with E-state index in [-0.39, 0.29) is 5.54 Å². The van der Waals surface area contributed by atoms with Gasteiger partial charge in [-0.2, -0.15) is 10.1 Å². The molecule has 0 aliphatic heterocycles. The summed E-state index contributed by atoms with van der Waals surface area (Å²) < 4.78 is 9.76. The van der Waals surface area contributed by atoms with E-state index in [1.807, 2.05) is 40.4 Å². The molecule has 148 valence electrons. The number of hydrogen-bond acceptors (Lipinski definition) is 6. The minimum absolute atomic E-state index is 0.289. The summed E-state index contributed by atoms with van der Waals surface area (Å²) in [6.45, 7) is 5.11. The molecule has 1 saturated carbocycles. The molecule has 0 bridgehead atoms. The predicted octanol–water partition coefficient (Wildman–Crippen LogP) is 4.46. The normalized spacial score (nSPS) is 16.0. The van der Waals surface area contributed by atoms with Gasteiger partial charge in [-0.1, -0.05) is 29.6 Å². The summed E-state index contributed by atoms with van der Waals surface area (Å²) in [5.41, 5.74) is 0.698. The lowest BCUT2D eigenvalue weighted by molar-refractivity contribution is 0.269. The Balaban J connectivity index is 1.63. The Morgan fingerprint density at radius 2 is 1.96 bits per heavy atom. The molecule has 0 spiro atoms. The molecule has 7 nitrogen and oxygen atoms in total. The number of rotatable bonds is 6. The van der Waals surface area contributed by atoms with Crippen molar-refractivity contribution in [3.8, 4) is 11.4 Å². The third-order valence-corrected chi connectivity index (χ3v) is 6.00. The summed E-state index contributed by atoms with van der Waals surface area (Å²) in [7, 11) is 0. The first-order valence-corrected chi connectivity index (χ1v) is 10.3. The fourth-order valence-corrected chi connectivity index (χ4v) is 4.27. The summed E-state index contributed by atoms with van der Waals surface area (Å²) in [6.07, 6.45) is 4.20. The molecule has 0 radical (unpaired) electrons. The number of benzene rings is 1. The van der Waals surface area contributed by atoms with Gasteiger partial charge < -0.3 is 9.09 Å². The maximum Gasteiger partial charge on any atom is 0.223 e. The van der Waals surface area contributed by atoms with Gasteiger partial charge in [-0.25, -0.2) is 4.68 Å². The minimum Gasteiger partial charge on any atom is -0.340 e. The number of aryl methyl sites for hydroxylation is 1. The second-order valence-corrected chi connectivity index (χ2v) is 7.92. The summed E-state index contributed by atoms with van der Waals surface area (Å²) in [5, 5.41) is 13.3. The van der Waals surface area contributed by atoms with Gasteiger partial charge in [0.1, 0.15) is 0 Å². The molecule has 2 aromatic heterocycles. The summed E-state index contributed by atoms with van der Waals surface area (Å²) in [4.78, 5) is 4.48. The second kappa shape index (κ2) is 7.77. The van der Waals surface area contributed by atoms with E-state index < -0.39 is 0 Å². The summed E-state index contributed by atoms with van der Waals surface area (Å²) in [5.74, 6) is 2.14. The van der Waals surface area contributed by atoms with Gasteiger partial charge in [0.25, 0.3) is 0 Å². The van der Waals surface area contributed by atoms with E-state index in [0.29, 0.717) is 22.4 Å². The molecule has 1 aliphatic rings. The summed E-state index contributed by atoms with van der Waals surface area (Å²) >= 11 is 11.7. The van der Waals surface area contributed by atoms with Crippen molar-refractivity contribution in [1.82, 2.24) is 29.8 Å². The van der Waals surface area contributed by atoms with Crippen LogP contribution in [0.4, 0.5) is 0 Å². The lowest BCUT2D eigenvalue weighted by Crippen LogP contribution is -2.42. The van der Waals surface area contributed by atoms with Gasteiger partial charge in [0, 0.05) is 24.1 Å². The number of aromatic nitrogens is 5. The molecule has 9 heteroatoms. The maximum atomic E-state index is 6.02. The zero-order valence-electron chi connectivity index (χ0n) is 16.0. The number of halogens is 1. The van der Waals surface area contributed by atoms with Crippen molar-refractivity contribution in [1.29, 1.82) is 0 Å². The number of hydrogen-bond donors (Lipinski definition) is 1. The van der Waals surface area contributed by atoms with Crippen molar-refractivity contribution < 1.29 is 4.52 Å². The van der Waals surface area contributed by atoms with Crippen molar-refractivity contribution in [3.63, 3.8) is 0 Å². The average molecular weight is 419 g/mol. The predicted molar refractivity (Wildman–Crippen MR) is 109 cm³/mol. The van der Waals surface area contributed by atoms with Crippen LogP contribution in [-0.2, 0) is 18.8 Å². The molecule has 1 aromatic carbocycles. The Morgan fingerprint density at radius 1 is 1.25 bits per heavy atom. The van der Waals surface area contributed by atoms with Gasteiger partial charge in [0.15, 0.2) is 16.4 Å². The largest absolute Gasteiger partial charge is 0.340 e. The molecule has 2 heterocycles. The summed E-state index contributed by atoms with van der Waals surface area (Å²) in [6, 6.07) is 7.65. The first kappa shape index (κ1) is 19.3. The van der Waals surface area contributed by atoms with E-state index in [4.69, 9.17) is 33.4 Å². The monoisotopic (exact) mass is 418 g/mol. The molecular weight excluding hydrogens is 396 g/mol. The van der Waals surface area contributed by atoms with Crippen LogP contribution in [0, 0.1) is 11.7 Å². The molecule has 0 saturated heterocycles. The highest BCUT2D eigenvalue weighted by Crippen LogP contribution is 2.37. The molecule has 1 aliphatic carbocycles. The molecule has 0 atom stereocenters. The van der Waals surface area contributed by atoms with E-state index >= 15 is 0 Å². The Morgan fingerprint density at radius 3 is 2.57 bits per heavy atom. The van der Waals surface area contributed by atoms with Crippen LogP contribution in [0.3, 0.4) is 0 Å². The fraction of sp³-hybridized carbons (Fsp3) is 0.474. The van der Waals surface area contributed by atoms with E-state index in [1.165, 1.54) is 0 Å². The standard InChI is InChI=1S/C19H23ClN6OS/c1-3-25-16(14-6-8-15(20)9-7-14)23-26(18(25)28)12-21-19(10-4-5-11-19)17-22-13(2)27-24-17/h6-9,21H,3-5,10-12H2,1-2H3. The molecule has 4 rings (SSSR count). The van der Waals surface area contributed by atoms with Crippen molar-refractivity contribution in [2.24, 2.45) is 0 Å². The van der Waals surface area contributed by atoms with Gasteiger partial charge in [-0.3, -0.25) is 5.32 Å². The van der Waals surface area contributed by atoms with Crippen LogP contribution in [0.2, 0.25) is 5.02 Å². The van der Waals surface area contributed by atoms with Crippen LogP contribution in [0.15, 0.2) is 28.8 Å². The highest BCUT2D eigenvalue weighted by molar-refractivity contribution is 7.71. The van der Waals surface area contributed by atoms with E-state index in [9.17, 15) is 0 Å². The maximum absolute atomic E-state index is 6.02. The van der Waals surface area contributed by atoms with Crippen LogP contribution in [0.5, 0.6) is 0 Å². The lowest BCUT2D eigenvalue weighted by atomic mass is 9.97. The van der Waals surface area contributed by atoms with E-state index in [2.05, 4.69) is 22.4 Å². The smallest absolute Gasteiger partial charge is 0.223 e. The highest BCUT2D eigenvalue weighted by Gasteiger charge is 2.39. The third kappa shape index (κ3) is 3.52. The Labute approximate surface area is 173 Å². The van der Waals surface area contributed by atoms with Gasteiger partial charge >= 0.3 is 0 Å². The third-order valence-electron chi connectivity index (χ3n) is 5.32. The zero-order chi connectivity index (χ0) is 19.7. The molecule has 0 amide bonds. The highest BCUT2D eigenvalue weighted by atomic mass is 35.5.